The SMILES string of the molecule is CCOc1ccc(NC(=S)NC(C)c2ccc(CC(C)C)cc2)cc1. The molecule has 134 valence electrons. The molecule has 0 fully saturated rings. The van der Waals surface area contributed by atoms with Crippen LogP contribution >= 0.6 is 12.2 Å². The maximum absolute atomic E-state index is 5.45. The second kappa shape index (κ2) is 9.42. The zero-order chi connectivity index (χ0) is 18.2. The summed E-state index contributed by atoms with van der Waals surface area (Å²) in [7, 11) is 0. The number of hydrogen-bond acceptors (Lipinski definition) is 2. The van der Waals surface area contributed by atoms with Crippen LogP contribution in [0.15, 0.2) is 48.5 Å². The zero-order valence-electron chi connectivity index (χ0n) is 15.5. The summed E-state index contributed by atoms with van der Waals surface area (Å²) >= 11 is 5.43. The first-order chi connectivity index (χ1) is 12.0. The van der Waals surface area contributed by atoms with E-state index in [4.69, 9.17) is 17.0 Å². The molecule has 0 amide bonds. The average molecular weight is 357 g/mol. The molecule has 2 aromatic carbocycles. The highest BCUT2D eigenvalue weighted by molar-refractivity contribution is 7.80. The molecule has 0 radical (unpaired) electrons. The first kappa shape index (κ1) is 19.3. The summed E-state index contributed by atoms with van der Waals surface area (Å²) in [6, 6.07) is 16.7. The number of rotatable bonds is 7. The minimum Gasteiger partial charge on any atom is -0.494 e. The Morgan fingerprint density at radius 3 is 2.20 bits per heavy atom. The summed E-state index contributed by atoms with van der Waals surface area (Å²) in [5.41, 5.74) is 3.55. The Hall–Kier alpha value is -2.07. The summed E-state index contributed by atoms with van der Waals surface area (Å²) in [5.74, 6) is 1.54. The van der Waals surface area contributed by atoms with Crippen molar-refractivity contribution in [2.45, 2.75) is 40.2 Å². The monoisotopic (exact) mass is 356 g/mol. The molecule has 0 spiro atoms. The molecule has 0 aliphatic heterocycles. The van der Waals surface area contributed by atoms with E-state index < -0.39 is 0 Å². The quantitative estimate of drug-likeness (QED) is 0.657. The van der Waals surface area contributed by atoms with E-state index in [0.717, 1.165) is 17.9 Å². The van der Waals surface area contributed by atoms with Crippen LogP contribution in [0.1, 0.15) is 44.9 Å². The summed E-state index contributed by atoms with van der Waals surface area (Å²) < 4.78 is 5.45. The van der Waals surface area contributed by atoms with Crippen molar-refractivity contribution in [3.63, 3.8) is 0 Å². The van der Waals surface area contributed by atoms with E-state index in [2.05, 4.69) is 55.7 Å². The van der Waals surface area contributed by atoms with Gasteiger partial charge in [-0.15, -0.1) is 0 Å². The highest BCUT2D eigenvalue weighted by Gasteiger charge is 2.08. The molecule has 0 aliphatic rings. The van der Waals surface area contributed by atoms with Crippen molar-refractivity contribution in [2.24, 2.45) is 5.92 Å². The van der Waals surface area contributed by atoms with E-state index in [0.29, 0.717) is 17.6 Å². The van der Waals surface area contributed by atoms with Crippen molar-refractivity contribution in [3.8, 4) is 5.75 Å². The van der Waals surface area contributed by atoms with Gasteiger partial charge in [-0.25, -0.2) is 0 Å². The molecule has 0 heterocycles. The Bertz CT molecular complexity index is 665. The number of thiocarbonyl (C=S) groups is 1. The van der Waals surface area contributed by atoms with Gasteiger partial charge in [0, 0.05) is 5.69 Å². The van der Waals surface area contributed by atoms with Crippen molar-refractivity contribution < 1.29 is 4.74 Å². The van der Waals surface area contributed by atoms with Gasteiger partial charge in [0.25, 0.3) is 0 Å². The third kappa shape index (κ3) is 6.39. The second-order valence-corrected chi connectivity index (χ2v) is 7.03. The fraction of sp³-hybridized carbons (Fsp3) is 0.381. The Balaban J connectivity index is 1.88. The van der Waals surface area contributed by atoms with Crippen LogP contribution in [0.3, 0.4) is 0 Å². The van der Waals surface area contributed by atoms with Crippen molar-refractivity contribution in [1.82, 2.24) is 5.32 Å². The van der Waals surface area contributed by atoms with Gasteiger partial charge in [0.2, 0.25) is 0 Å². The molecule has 0 saturated heterocycles. The van der Waals surface area contributed by atoms with Gasteiger partial charge in [-0.05, 0) is 73.8 Å². The van der Waals surface area contributed by atoms with Crippen LogP contribution in [-0.2, 0) is 6.42 Å². The largest absolute Gasteiger partial charge is 0.494 e. The van der Waals surface area contributed by atoms with Crippen LogP contribution in [0.4, 0.5) is 5.69 Å². The molecule has 1 unspecified atom stereocenters. The van der Waals surface area contributed by atoms with Gasteiger partial charge in [0.05, 0.1) is 12.6 Å². The minimum absolute atomic E-state index is 0.149. The molecule has 1 atom stereocenters. The Kier molecular flexibility index (Phi) is 7.26. The van der Waals surface area contributed by atoms with Crippen LogP contribution in [0.5, 0.6) is 5.75 Å². The minimum atomic E-state index is 0.149. The Morgan fingerprint density at radius 1 is 1.00 bits per heavy atom. The van der Waals surface area contributed by atoms with E-state index in [-0.39, 0.29) is 6.04 Å². The molecule has 2 N–H and O–H groups in total. The Labute approximate surface area is 156 Å². The van der Waals surface area contributed by atoms with Crippen molar-refractivity contribution in [3.05, 3.63) is 59.7 Å². The maximum Gasteiger partial charge on any atom is 0.171 e. The molecular formula is C21H28N2OS. The summed E-state index contributed by atoms with van der Waals surface area (Å²) in [5, 5.41) is 7.16. The zero-order valence-corrected chi connectivity index (χ0v) is 16.3. The van der Waals surface area contributed by atoms with Crippen LogP contribution in [0.2, 0.25) is 0 Å². The number of nitrogens with one attached hydrogen (secondary N) is 2. The lowest BCUT2D eigenvalue weighted by atomic mass is 10.00. The normalized spacial score (nSPS) is 11.9. The van der Waals surface area contributed by atoms with E-state index in [1.54, 1.807) is 0 Å². The van der Waals surface area contributed by atoms with Gasteiger partial charge in [0.15, 0.2) is 5.11 Å². The van der Waals surface area contributed by atoms with E-state index in [1.165, 1.54) is 11.1 Å². The molecular weight excluding hydrogens is 328 g/mol. The lowest BCUT2D eigenvalue weighted by Crippen LogP contribution is -2.30. The molecule has 0 aliphatic carbocycles. The molecule has 25 heavy (non-hydrogen) atoms. The smallest absolute Gasteiger partial charge is 0.171 e. The average Bonchev–Trinajstić information content (AvgIpc) is 2.57. The second-order valence-electron chi connectivity index (χ2n) is 6.62. The van der Waals surface area contributed by atoms with Crippen LogP contribution in [0, 0.1) is 5.92 Å². The number of ether oxygens (including phenoxy) is 1. The van der Waals surface area contributed by atoms with E-state index >= 15 is 0 Å². The maximum atomic E-state index is 5.45. The highest BCUT2D eigenvalue weighted by atomic mass is 32.1. The van der Waals surface area contributed by atoms with E-state index in [1.807, 2.05) is 31.2 Å². The third-order valence-corrected chi connectivity index (χ3v) is 4.11. The molecule has 2 rings (SSSR count). The third-order valence-electron chi connectivity index (χ3n) is 3.89. The number of hydrogen-bond donors (Lipinski definition) is 2. The molecule has 0 aromatic heterocycles. The van der Waals surface area contributed by atoms with Crippen LogP contribution < -0.4 is 15.4 Å². The summed E-state index contributed by atoms with van der Waals surface area (Å²) in [6.45, 7) is 9.23. The molecule has 0 saturated carbocycles. The van der Waals surface area contributed by atoms with Gasteiger partial charge in [-0.3, -0.25) is 0 Å². The number of benzene rings is 2. The predicted molar refractivity (Wildman–Crippen MR) is 110 cm³/mol. The fourth-order valence-electron chi connectivity index (χ4n) is 2.66. The molecule has 0 bridgehead atoms. The lowest BCUT2D eigenvalue weighted by molar-refractivity contribution is 0.340. The first-order valence-electron chi connectivity index (χ1n) is 8.87. The highest BCUT2D eigenvalue weighted by Crippen LogP contribution is 2.18. The van der Waals surface area contributed by atoms with Gasteiger partial charge in [-0.2, -0.15) is 0 Å². The number of anilines is 1. The summed E-state index contributed by atoms with van der Waals surface area (Å²) in [4.78, 5) is 0. The van der Waals surface area contributed by atoms with Crippen molar-refractivity contribution in [2.75, 3.05) is 11.9 Å². The van der Waals surface area contributed by atoms with Gasteiger partial charge < -0.3 is 15.4 Å². The fourth-order valence-corrected chi connectivity index (χ4v) is 2.96. The van der Waals surface area contributed by atoms with E-state index in [9.17, 15) is 0 Å². The van der Waals surface area contributed by atoms with Crippen molar-refractivity contribution in [1.29, 1.82) is 0 Å². The standard InChI is InChI=1S/C21H28N2OS/c1-5-24-20-12-10-19(11-13-20)23-21(25)22-16(4)18-8-6-17(7-9-18)14-15(2)3/h6-13,15-16H,5,14H2,1-4H3,(H2,22,23,25). The summed E-state index contributed by atoms with van der Waals surface area (Å²) in [6.07, 6.45) is 1.11. The molecule has 3 nitrogen and oxygen atoms in total. The van der Waals surface area contributed by atoms with Crippen LogP contribution in [-0.4, -0.2) is 11.7 Å². The van der Waals surface area contributed by atoms with Gasteiger partial charge in [-0.1, -0.05) is 38.1 Å². The van der Waals surface area contributed by atoms with Gasteiger partial charge >= 0.3 is 0 Å². The van der Waals surface area contributed by atoms with Gasteiger partial charge in [0.1, 0.15) is 5.75 Å². The van der Waals surface area contributed by atoms with Crippen molar-refractivity contribution >= 4 is 23.0 Å². The lowest BCUT2D eigenvalue weighted by Gasteiger charge is -2.18. The predicted octanol–water partition coefficient (Wildman–Crippen LogP) is 5.33. The molecule has 4 heteroatoms. The van der Waals surface area contributed by atoms with Crippen LogP contribution in [0.25, 0.3) is 0 Å². The Morgan fingerprint density at radius 2 is 1.64 bits per heavy atom. The first-order valence-corrected chi connectivity index (χ1v) is 9.28. The topological polar surface area (TPSA) is 33.3 Å². The molecule has 2 aromatic rings.